The first kappa shape index (κ1) is 10.4. The Bertz CT molecular complexity index is 499. The predicted octanol–water partition coefficient (Wildman–Crippen LogP) is 1.73. The van der Waals surface area contributed by atoms with E-state index in [2.05, 4.69) is 10.3 Å². The van der Waals surface area contributed by atoms with Crippen molar-refractivity contribution in [2.75, 3.05) is 0 Å². The first-order valence-corrected chi connectivity index (χ1v) is 5.31. The highest BCUT2D eigenvalue weighted by molar-refractivity contribution is 7.11. The smallest absolute Gasteiger partial charge is 0.264 e. The van der Waals surface area contributed by atoms with Gasteiger partial charge in [0.1, 0.15) is 10.6 Å². The molecular weight excluding hydrogens is 226 g/mol. The van der Waals surface area contributed by atoms with Crippen molar-refractivity contribution in [3.05, 3.63) is 40.7 Å². The Morgan fingerprint density at radius 3 is 3.12 bits per heavy atom. The van der Waals surface area contributed by atoms with Crippen molar-refractivity contribution in [2.24, 2.45) is 0 Å². The third-order valence-corrected chi connectivity index (χ3v) is 2.66. The summed E-state index contributed by atoms with van der Waals surface area (Å²) < 4.78 is 5.06. The second kappa shape index (κ2) is 4.59. The average molecular weight is 233 g/mol. The largest absolute Gasteiger partial charge is 0.466 e. The van der Waals surface area contributed by atoms with Crippen LogP contribution >= 0.6 is 11.3 Å². The third-order valence-electron chi connectivity index (χ3n) is 1.89. The van der Waals surface area contributed by atoms with Crippen LogP contribution in [0.1, 0.15) is 21.5 Å². The summed E-state index contributed by atoms with van der Waals surface area (Å²) in [5.41, 5.74) is 1.56. The van der Waals surface area contributed by atoms with E-state index in [0.717, 1.165) is 0 Å². The Labute approximate surface area is 95.3 Å². The van der Waals surface area contributed by atoms with Crippen molar-refractivity contribution in [3.8, 4) is 6.07 Å². The predicted molar refractivity (Wildman–Crippen MR) is 56.6 cm³/mol. The number of aromatic nitrogens is 1. The van der Waals surface area contributed by atoms with Crippen LogP contribution in [0.15, 0.2) is 34.5 Å². The SMILES string of the molecule is N#CC(NC(=O)c1cncs1)c1ccco1. The van der Waals surface area contributed by atoms with Gasteiger partial charge in [-0.25, -0.2) is 0 Å². The molecule has 0 bridgehead atoms. The topological polar surface area (TPSA) is 78.9 Å². The van der Waals surface area contributed by atoms with E-state index in [-0.39, 0.29) is 5.91 Å². The summed E-state index contributed by atoms with van der Waals surface area (Å²) >= 11 is 1.22. The molecule has 6 heteroatoms. The van der Waals surface area contributed by atoms with Crippen LogP contribution in [0.5, 0.6) is 0 Å². The van der Waals surface area contributed by atoms with E-state index in [1.807, 2.05) is 6.07 Å². The van der Waals surface area contributed by atoms with E-state index >= 15 is 0 Å². The molecule has 5 nitrogen and oxygen atoms in total. The number of carbonyl (C=O) groups is 1. The molecule has 1 atom stereocenters. The normalized spacial score (nSPS) is 11.7. The van der Waals surface area contributed by atoms with Gasteiger partial charge in [0.2, 0.25) is 0 Å². The number of nitriles is 1. The molecule has 0 saturated heterocycles. The van der Waals surface area contributed by atoms with Gasteiger partial charge in [0.15, 0.2) is 6.04 Å². The molecule has 0 spiro atoms. The number of amides is 1. The highest BCUT2D eigenvalue weighted by Crippen LogP contribution is 2.14. The lowest BCUT2D eigenvalue weighted by atomic mass is 10.2. The van der Waals surface area contributed by atoms with Gasteiger partial charge in [0.25, 0.3) is 5.91 Å². The van der Waals surface area contributed by atoms with Gasteiger partial charge in [-0.1, -0.05) is 0 Å². The Hall–Kier alpha value is -2.13. The molecule has 0 aliphatic rings. The van der Waals surface area contributed by atoms with Crippen molar-refractivity contribution in [1.82, 2.24) is 10.3 Å². The number of hydrogen-bond acceptors (Lipinski definition) is 5. The average Bonchev–Trinajstić information content (AvgIpc) is 2.96. The molecule has 0 radical (unpaired) electrons. The molecule has 0 saturated carbocycles. The highest BCUT2D eigenvalue weighted by atomic mass is 32.1. The minimum absolute atomic E-state index is 0.328. The minimum atomic E-state index is -0.774. The van der Waals surface area contributed by atoms with Crippen molar-refractivity contribution < 1.29 is 9.21 Å². The lowest BCUT2D eigenvalue weighted by Gasteiger charge is -2.07. The van der Waals surface area contributed by atoms with Crippen LogP contribution in [0.4, 0.5) is 0 Å². The summed E-state index contributed by atoms with van der Waals surface area (Å²) in [4.78, 5) is 15.9. The Morgan fingerprint density at radius 2 is 2.56 bits per heavy atom. The number of nitrogens with zero attached hydrogens (tertiary/aromatic N) is 2. The molecule has 2 aromatic rings. The molecule has 16 heavy (non-hydrogen) atoms. The molecule has 0 aliphatic heterocycles. The van der Waals surface area contributed by atoms with Crippen LogP contribution in [0.2, 0.25) is 0 Å². The van der Waals surface area contributed by atoms with Crippen molar-refractivity contribution in [3.63, 3.8) is 0 Å². The summed E-state index contributed by atoms with van der Waals surface area (Å²) in [5.74, 6) is 0.0887. The first-order valence-electron chi connectivity index (χ1n) is 4.43. The van der Waals surface area contributed by atoms with Gasteiger partial charge in [-0.05, 0) is 12.1 Å². The van der Waals surface area contributed by atoms with Gasteiger partial charge < -0.3 is 9.73 Å². The summed E-state index contributed by atoms with van der Waals surface area (Å²) in [6.07, 6.45) is 2.91. The van der Waals surface area contributed by atoms with Crippen LogP contribution in [0.25, 0.3) is 0 Å². The van der Waals surface area contributed by atoms with Crippen LogP contribution in [0.3, 0.4) is 0 Å². The number of hydrogen-bond donors (Lipinski definition) is 1. The van der Waals surface area contributed by atoms with Gasteiger partial charge in [0.05, 0.1) is 24.0 Å². The van der Waals surface area contributed by atoms with E-state index in [4.69, 9.17) is 9.68 Å². The van der Waals surface area contributed by atoms with Gasteiger partial charge >= 0.3 is 0 Å². The van der Waals surface area contributed by atoms with Gasteiger partial charge in [0, 0.05) is 0 Å². The maximum atomic E-state index is 11.6. The highest BCUT2D eigenvalue weighted by Gasteiger charge is 2.17. The number of carbonyl (C=O) groups excluding carboxylic acids is 1. The minimum Gasteiger partial charge on any atom is -0.466 e. The van der Waals surface area contributed by atoms with Crippen molar-refractivity contribution >= 4 is 17.2 Å². The number of rotatable bonds is 3. The fraction of sp³-hybridized carbons (Fsp3) is 0.100. The molecule has 0 aliphatic carbocycles. The lowest BCUT2D eigenvalue weighted by Crippen LogP contribution is -2.26. The third kappa shape index (κ3) is 2.10. The van der Waals surface area contributed by atoms with Crippen LogP contribution < -0.4 is 5.32 Å². The molecule has 80 valence electrons. The summed E-state index contributed by atoms with van der Waals surface area (Å²) in [6.45, 7) is 0. The molecular formula is C10H7N3O2S. The van der Waals surface area contributed by atoms with E-state index in [0.29, 0.717) is 10.6 Å². The fourth-order valence-electron chi connectivity index (χ4n) is 1.15. The zero-order valence-electron chi connectivity index (χ0n) is 8.08. The van der Waals surface area contributed by atoms with Gasteiger partial charge in [-0.15, -0.1) is 11.3 Å². The van der Waals surface area contributed by atoms with Gasteiger partial charge in [-0.2, -0.15) is 5.26 Å². The van der Waals surface area contributed by atoms with Crippen LogP contribution in [-0.4, -0.2) is 10.9 Å². The summed E-state index contributed by atoms with van der Waals surface area (Å²) in [6, 6.07) is 4.49. The van der Waals surface area contributed by atoms with E-state index < -0.39 is 6.04 Å². The van der Waals surface area contributed by atoms with E-state index in [9.17, 15) is 4.79 Å². The van der Waals surface area contributed by atoms with Crippen molar-refractivity contribution in [1.29, 1.82) is 5.26 Å². The molecule has 0 fully saturated rings. The Morgan fingerprint density at radius 1 is 1.69 bits per heavy atom. The lowest BCUT2D eigenvalue weighted by molar-refractivity contribution is 0.0945. The monoisotopic (exact) mass is 233 g/mol. The van der Waals surface area contributed by atoms with E-state index in [1.54, 1.807) is 17.6 Å². The van der Waals surface area contributed by atoms with Crippen LogP contribution in [0, 0.1) is 11.3 Å². The molecule has 1 unspecified atom stereocenters. The zero-order chi connectivity index (χ0) is 11.4. The van der Waals surface area contributed by atoms with Gasteiger partial charge in [-0.3, -0.25) is 9.78 Å². The molecule has 2 rings (SSSR count). The first-order chi connectivity index (χ1) is 7.81. The summed E-state index contributed by atoms with van der Waals surface area (Å²) in [7, 11) is 0. The second-order valence-electron chi connectivity index (χ2n) is 2.92. The summed E-state index contributed by atoms with van der Waals surface area (Å²) in [5, 5.41) is 11.5. The quantitative estimate of drug-likeness (QED) is 0.875. The van der Waals surface area contributed by atoms with Crippen LogP contribution in [-0.2, 0) is 0 Å². The molecule has 1 amide bonds. The number of furan rings is 1. The molecule has 2 aromatic heterocycles. The molecule has 1 N–H and O–H groups in total. The number of thiazole rings is 1. The Kier molecular flexibility index (Phi) is 2.98. The maximum Gasteiger partial charge on any atom is 0.264 e. The fourth-order valence-corrected chi connectivity index (χ4v) is 1.68. The zero-order valence-corrected chi connectivity index (χ0v) is 8.90. The second-order valence-corrected chi connectivity index (χ2v) is 3.80. The standard InChI is InChI=1S/C10H7N3O2S/c11-4-7(8-2-1-3-15-8)13-10(14)9-5-12-6-16-9/h1-3,5-7H,(H,13,14). The number of nitrogens with one attached hydrogen (secondary N) is 1. The van der Waals surface area contributed by atoms with E-state index in [1.165, 1.54) is 23.8 Å². The van der Waals surface area contributed by atoms with Crippen molar-refractivity contribution in [2.45, 2.75) is 6.04 Å². The Balaban J connectivity index is 2.09. The maximum absolute atomic E-state index is 11.6. The molecule has 0 aromatic carbocycles. The molecule has 2 heterocycles.